The highest BCUT2D eigenvalue weighted by atomic mass is 79.9. The Morgan fingerprint density at radius 3 is 2.55 bits per heavy atom. The molecule has 0 aromatic carbocycles. The van der Waals surface area contributed by atoms with Crippen LogP contribution in [0.1, 0.15) is 25.7 Å². The predicted molar refractivity (Wildman–Crippen MR) is 48.8 cm³/mol. The molecule has 0 saturated heterocycles. The number of alkyl halides is 1. The Morgan fingerprint density at radius 1 is 1.55 bits per heavy atom. The van der Waals surface area contributed by atoms with Gasteiger partial charge in [0.05, 0.1) is 5.33 Å². The number of carbonyl (C=O) groups is 1. The number of halogens is 1. The fourth-order valence-corrected chi connectivity index (χ4v) is 1.99. The zero-order valence-electron chi connectivity index (χ0n) is 6.85. The molecule has 1 saturated carbocycles. The van der Waals surface area contributed by atoms with E-state index >= 15 is 0 Å². The van der Waals surface area contributed by atoms with Crippen LogP contribution in [-0.2, 0) is 4.79 Å². The first-order valence-electron chi connectivity index (χ1n) is 4.07. The molecule has 64 valence electrons. The van der Waals surface area contributed by atoms with Crippen molar-refractivity contribution < 1.29 is 4.79 Å². The van der Waals surface area contributed by atoms with E-state index in [1.807, 2.05) is 11.9 Å². The molecule has 2 nitrogen and oxygen atoms in total. The normalized spacial score (nSPS) is 18.7. The lowest BCUT2D eigenvalue weighted by molar-refractivity contribution is -0.128. The Hall–Kier alpha value is -0.0500. The Bertz CT molecular complexity index is 143. The summed E-state index contributed by atoms with van der Waals surface area (Å²) in [5.74, 6) is 0.205. The van der Waals surface area contributed by atoms with Crippen LogP contribution in [0.25, 0.3) is 0 Å². The van der Waals surface area contributed by atoms with Gasteiger partial charge >= 0.3 is 0 Å². The van der Waals surface area contributed by atoms with Crippen molar-refractivity contribution in [2.45, 2.75) is 31.7 Å². The van der Waals surface area contributed by atoms with Gasteiger partial charge in [0.15, 0.2) is 0 Å². The molecule has 0 unspecified atom stereocenters. The summed E-state index contributed by atoms with van der Waals surface area (Å²) in [7, 11) is 1.90. The van der Waals surface area contributed by atoms with E-state index < -0.39 is 0 Å². The summed E-state index contributed by atoms with van der Waals surface area (Å²) in [6, 6.07) is 0.514. The Kier molecular flexibility index (Phi) is 3.37. The van der Waals surface area contributed by atoms with Crippen molar-refractivity contribution >= 4 is 21.8 Å². The third-order valence-corrected chi connectivity index (χ3v) is 2.86. The fourth-order valence-electron chi connectivity index (χ4n) is 1.59. The molecule has 1 aliphatic rings. The molecule has 0 bridgehead atoms. The van der Waals surface area contributed by atoms with E-state index in [1.54, 1.807) is 0 Å². The van der Waals surface area contributed by atoms with Crippen molar-refractivity contribution in [3.8, 4) is 0 Å². The summed E-state index contributed by atoms with van der Waals surface area (Å²) in [6.07, 6.45) is 4.94. The number of carbonyl (C=O) groups excluding carboxylic acids is 1. The lowest BCUT2D eigenvalue weighted by atomic mass is 10.2. The first-order valence-corrected chi connectivity index (χ1v) is 5.19. The zero-order valence-corrected chi connectivity index (χ0v) is 8.43. The van der Waals surface area contributed by atoms with Gasteiger partial charge in [-0.05, 0) is 12.8 Å². The summed E-state index contributed by atoms with van der Waals surface area (Å²) in [6.45, 7) is 0. The first kappa shape index (κ1) is 9.04. The lowest BCUT2D eigenvalue weighted by Crippen LogP contribution is -2.35. The van der Waals surface area contributed by atoms with Crippen LogP contribution in [0.3, 0.4) is 0 Å². The van der Waals surface area contributed by atoms with E-state index in [0.717, 1.165) is 0 Å². The molecule has 0 atom stereocenters. The molecule has 0 spiro atoms. The third kappa shape index (κ3) is 2.19. The van der Waals surface area contributed by atoms with Crippen LogP contribution >= 0.6 is 15.9 Å². The van der Waals surface area contributed by atoms with Crippen molar-refractivity contribution in [2.75, 3.05) is 12.4 Å². The first-order chi connectivity index (χ1) is 5.25. The summed E-state index contributed by atoms with van der Waals surface area (Å²) in [4.78, 5) is 13.1. The van der Waals surface area contributed by atoms with E-state index in [1.165, 1.54) is 25.7 Å². The van der Waals surface area contributed by atoms with Gasteiger partial charge in [0, 0.05) is 13.1 Å². The summed E-state index contributed by atoms with van der Waals surface area (Å²) < 4.78 is 0. The highest BCUT2D eigenvalue weighted by Gasteiger charge is 2.22. The summed E-state index contributed by atoms with van der Waals surface area (Å²) in [5, 5.41) is 0.458. The van der Waals surface area contributed by atoms with Crippen molar-refractivity contribution in [2.24, 2.45) is 0 Å². The topological polar surface area (TPSA) is 20.3 Å². The minimum Gasteiger partial charge on any atom is -0.342 e. The van der Waals surface area contributed by atoms with Gasteiger partial charge in [0.25, 0.3) is 0 Å². The molecular weight excluding hydrogens is 206 g/mol. The Balaban J connectivity index is 2.39. The molecular formula is C8H14BrNO. The molecule has 11 heavy (non-hydrogen) atoms. The summed E-state index contributed by atoms with van der Waals surface area (Å²) >= 11 is 3.17. The standard InChI is InChI=1S/C8H14BrNO/c1-10(8(11)6-9)7-4-2-3-5-7/h7H,2-6H2,1H3. The van der Waals surface area contributed by atoms with Crippen LogP contribution in [0.2, 0.25) is 0 Å². The van der Waals surface area contributed by atoms with E-state index in [-0.39, 0.29) is 5.91 Å². The molecule has 1 rings (SSSR count). The molecule has 0 heterocycles. The number of hydrogen-bond donors (Lipinski definition) is 0. The summed E-state index contributed by atoms with van der Waals surface area (Å²) in [5.41, 5.74) is 0. The largest absolute Gasteiger partial charge is 0.342 e. The maximum absolute atomic E-state index is 11.2. The highest BCUT2D eigenvalue weighted by Crippen LogP contribution is 2.22. The maximum atomic E-state index is 11.2. The highest BCUT2D eigenvalue weighted by molar-refractivity contribution is 9.09. The Labute approximate surface area is 76.1 Å². The second-order valence-corrected chi connectivity index (χ2v) is 3.64. The molecule has 1 aliphatic carbocycles. The smallest absolute Gasteiger partial charge is 0.233 e. The average Bonchev–Trinajstić information content (AvgIpc) is 2.53. The van der Waals surface area contributed by atoms with Crippen LogP contribution in [-0.4, -0.2) is 29.2 Å². The van der Waals surface area contributed by atoms with E-state index in [4.69, 9.17) is 0 Å². The molecule has 0 aromatic rings. The quantitative estimate of drug-likeness (QED) is 0.649. The lowest BCUT2D eigenvalue weighted by Gasteiger charge is -2.23. The van der Waals surface area contributed by atoms with E-state index in [0.29, 0.717) is 11.4 Å². The van der Waals surface area contributed by atoms with Crippen LogP contribution in [0.4, 0.5) is 0 Å². The van der Waals surface area contributed by atoms with Crippen molar-refractivity contribution in [3.05, 3.63) is 0 Å². The van der Waals surface area contributed by atoms with Crippen LogP contribution in [0, 0.1) is 0 Å². The molecule has 0 N–H and O–H groups in total. The fraction of sp³-hybridized carbons (Fsp3) is 0.875. The van der Waals surface area contributed by atoms with Crippen LogP contribution in [0.15, 0.2) is 0 Å². The van der Waals surface area contributed by atoms with Crippen molar-refractivity contribution in [3.63, 3.8) is 0 Å². The SMILES string of the molecule is CN(C(=O)CBr)C1CCCC1. The molecule has 0 radical (unpaired) electrons. The second kappa shape index (κ2) is 4.10. The van der Waals surface area contributed by atoms with E-state index in [9.17, 15) is 4.79 Å². The van der Waals surface area contributed by atoms with Gasteiger partial charge in [-0.15, -0.1) is 0 Å². The average molecular weight is 220 g/mol. The van der Waals surface area contributed by atoms with Crippen LogP contribution in [0.5, 0.6) is 0 Å². The number of hydrogen-bond acceptors (Lipinski definition) is 1. The van der Waals surface area contributed by atoms with Gasteiger partial charge in [0.2, 0.25) is 5.91 Å². The van der Waals surface area contributed by atoms with Crippen molar-refractivity contribution in [1.82, 2.24) is 4.90 Å². The zero-order chi connectivity index (χ0) is 8.27. The maximum Gasteiger partial charge on any atom is 0.233 e. The van der Waals surface area contributed by atoms with Gasteiger partial charge in [0.1, 0.15) is 0 Å². The number of nitrogens with zero attached hydrogens (tertiary/aromatic N) is 1. The molecule has 0 aromatic heterocycles. The van der Waals surface area contributed by atoms with Crippen LogP contribution < -0.4 is 0 Å². The van der Waals surface area contributed by atoms with Gasteiger partial charge in [-0.2, -0.15) is 0 Å². The molecule has 0 aliphatic heterocycles. The molecule has 3 heteroatoms. The molecule has 1 fully saturated rings. The van der Waals surface area contributed by atoms with Gasteiger partial charge in [-0.3, -0.25) is 4.79 Å². The van der Waals surface area contributed by atoms with Gasteiger partial charge in [-0.1, -0.05) is 28.8 Å². The minimum absolute atomic E-state index is 0.205. The number of rotatable bonds is 2. The third-order valence-electron chi connectivity index (χ3n) is 2.38. The Morgan fingerprint density at radius 2 is 2.09 bits per heavy atom. The second-order valence-electron chi connectivity index (χ2n) is 3.08. The molecule has 1 amide bonds. The minimum atomic E-state index is 0.205. The van der Waals surface area contributed by atoms with Gasteiger partial charge < -0.3 is 4.90 Å². The monoisotopic (exact) mass is 219 g/mol. The van der Waals surface area contributed by atoms with Gasteiger partial charge in [-0.25, -0.2) is 0 Å². The van der Waals surface area contributed by atoms with Crippen molar-refractivity contribution in [1.29, 1.82) is 0 Å². The predicted octanol–water partition coefficient (Wildman–Crippen LogP) is 1.78. The van der Waals surface area contributed by atoms with E-state index in [2.05, 4.69) is 15.9 Å². The number of amides is 1.